The summed E-state index contributed by atoms with van der Waals surface area (Å²) in [7, 11) is 0. The lowest BCUT2D eigenvalue weighted by Crippen LogP contribution is -2.23. The average molecular weight is 277 g/mol. The van der Waals surface area contributed by atoms with Gasteiger partial charge in [0.25, 0.3) is 11.7 Å². The number of carbonyl (C=O) groups is 2. The van der Waals surface area contributed by atoms with E-state index in [9.17, 15) is 9.59 Å². The molecular weight excluding hydrogens is 262 g/mol. The molecule has 0 fully saturated rings. The van der Waals surface area contributed by atoms with Crippen molar-refractivity contribution in [1.29, 1.82) is 0 Å². The van der Waals surface area contributed by atoms with E-state index in [2.05, 4.69) is 5.32 Å². The summed E-state index contributed by atoms with van der Waals surface area (Å²) < 4.78 is 0. The number of carbonyl (C=O) groups excluding carboxylic acids is 2. The number of para-hydroxylation sites is 1. The van der Waals surface area contributed by atoms with Crippen LogP contribution in [0.2, 0.25) is 0 Å². The minimum absolute atomic E-state index is 0.483. The molecule has 1 aliphatic carbocycles. The zero-order valence-electron chi connectivity index (χ0n) is 11.7. The number of hydrogen-bond acceptors (Lipinski definition) is 2. The van der Waals surface area contributed by atoms with Crippen molar-refractivity contribution < 1.29 is 9.59 Å². The van der Waals surface area contributed by atoms with E-state index >= 15 is 0 Å². The Hall–Kier alpha value is -2.68. The minimum Gasteiger partial charge on any atom is -0.319 e. The molecule has 21 heavy (non-hydrogen) atoms. The van der Waals surface area contributed by atoms with Gasteiger partial charge in [-0.3, -0.25) is 9.59 Å². The smallest absolute Gasteiger partial charge is 0.296 e. The topological polar surface area (TPSA) is 46.2 Å². The molecule has 3 heteroatoms. The summed E-state index contributed by atoms with van der Waals surface area (Å²) in [6.07, 6.45) is 2.53. The lowest BCUT2D eigenvalue weighted by molar-refractivity contribution is -0.131. The van der Waals surface area contributed by atoms with Gasteiger partial charge < -0.3 is 5.32 Å². The zero-order chi connectivity index (χ0) is 14.8. The third kappa shape index (κ3) is 2.63. The lowest BCUT2D eigenvalue weighted by atomic mass is 10.00. The predicted octanol–water partition coefficient (Wildman–Crippen LogP) is 3.14. The van der Waals surface area contributed by atoms with Gasteiger partial charge in [0.2, 0.25) is 0 Å². The number of amides is 1. The van der Waals surface area contributed by atoms with Gasteiger partial charge in [0.1, 0.15) is 0 Å². The summed E-state index contributed by atoms with van der Waals surface area (Å²) in [4.78, 5) is 24.4. The monoisotopic (exact) mass is 277 g/mol. The van der Waals surface area contributed by atoms with Crippen molar-refractivity contribution in [3.8, 4) is 0 Å². The number of ketones is 1. The highest BCUT2D eigenvalue weighted by atomic mass is 16.2. The second kappa shape index (κ2) is 5.37. The molecule has 1 N–H and O–H groups in total. The molecule has 0 saturated carbocycles. The van der Waals surface area contributed by atoms with E-state index in [1.165, 1.54) is 0 Å². The molecule has 1 amide bonds. The predicted molar refractivity (Wildman–Crippen MR) is 82.9 cm³/mol. The van der Waals surface area contributed by atoms with Gasteiger partial charge in [-0.05, 0) is 36.6 Å². The Labute approximate surface area is 123 Å². The molecule has 0 bridgehead atoms. The molecule has 0 aliphatic heterocycles. The van der Waals surface area contributed by atoms with Gasteiger partial charge in [-0.2, -0.15) is 0 Å². The van der Waals surface area contributed by atoms with E-state index in [1.807, 2.05) is 49.4 Å². The Balaban J connectivity index is 1.81. The van der Waals surface area contributed by atoms with Crippen molar-refractivity contribution in [2.45, 2.75) is 13.3 Å². The number of rotatable bonds is 3. The summed E-state index contributed by atoms with van der Waals surface area (Å²) in [5.41, 5.74) is 4.18. The first-order valence-electron chi connectivity index (χ1n) is 6.86. The molecule has 3 rings (SSSR count). The molecule has 0 unspecified atom stereocenters. The van der Waals surface area contributed by atoms with Crippen LogP contribution >= 0.6 is 0 Å². The summed E-state index contributed by atoms with van der Waals surface area (Å²) in [5, 5.41) is 2.63. The third-order valence-electron chi connectivity index (χ3n) is 3.56. The van der Waals surface area contributed by atoms with E-state index in [-0.39, 0.29) is 0 Å². The second-order valence-electron chi connectivity index (χ2n) is 5.13. The molecule has 0 atom stereocenters. The summed E-state index contributed by atoms with van der Waals surface area (Å²) >= 11 is 0. The summed E-state index contributed by atoms with van der Waals surface area (Å²) in [5.74, 6) is -1.08. The number of aryl methyl sites for hydroxylation is 1. The van der Waals surface area contributed by atoms with Crippen LogP contribution in [-0.2, 0) is 16.0 Å². The van der Waals surface area contributed by atoms with Crippen molar-refractivity contribution in [2.24, 2.45) is 0 Å². The fourth-order valence-corrected chi connectivity index (χ4v) is 2.49. The molecule has 0 spiro atoms. The molecule has 0 heterocycles. The highest BCUT2D eigenvalue weighted by molar-refractivity contribution is 6.56. The first kappa shape index (κ1) is 13.3. The third-order valence-corrected chi connectivity index (χ3v) is 3.56. The highest BCUT2D eigenvalue weighted by Crippen LogP contribution is 2.29. The number of allylic oxidation sites excluding steroid dienone is 1. The van der Waals surface area contributed by atoms with Gasteiger partial charge in [0.05, 0.1) is 0 Å². The summed E-state index contributed by atoms with van der Waals surface area (Å²) in [6.45, 7) is 1.98. The van der Waals surface area contributed by atoms with Gasteiger partial charge in [0, 0.05) is 11.3 Å². The van der Waals surface area contributed by atoms with Gasteiger partial charge in [-0.15, -0.1) is 0 Å². The lowest BCUT2D eigenvalue weighted by Gasteiger charge is -2.07. The van der Waals surface area contributed by atoms with Crippen LogP contribution in [0.25, 0.3) is 5.57 Å². The van der Waals surface area contributed by atoms with Gasteiger partial charge in [-0.25, -0.2) is 0 Å². The van der Waals surface area contributed by atoms with Crippen LogP contribution in [0, 0.1) is 6.92 Å². The molecule has 0 radical (unpaired) electrons. The molecular formula is C18H15NO2. The molecule has 1 aliphatic rings. The van der Waals surface area contributed by atoms with Crippen LogP contribution in [0.4, 0.5) is 5.69 Å². The molecule has 0 aromatic heterocycles. The zero-order valence-corrected chi connectivity index (χ0v) is 11.7. The van der Waals surface area contributed by atoms with Crippen molar-refractivity contribution in [3.05, 3.63) is 71.3 Å². The minimum atomic E-state index is -0.596. The molecule has 2 aromatic rings. The maximum Gasteiger partial charge on any atom is 0.296 e. The second-order valence-corrected chi connectivity index (χ2v) is 5.13. The Kier molecular flexibility index (Phi) is 3.40. The average Bonchev–Trinajstić information content (AvgIpc) is 2.90. The van der Waals surface area contributed by atoms with Crippen molar-refractivity contribution in [1.82, 2.24) is 0 Å². The van der Waals surface area contributed by atoms with E-state index < -0.39 is 11.7 Å². The van der Waals surface area contributed by atoms with Crippen molar-refractivity contribution >= 4 is 23.0 Å². The number of nitrogens with one attached hydrogen (secondary N) is 1. The van der Waals surface area contributed by atoms with Crippen molar-refractivity contribution in [2.75, 3.05) is 5.32 Å². The van der Waals surface area contributed by atoms with Gasteiger partial charge >= 0.3 is 0 Å². The highest BCUT2D eigenvalue weighted by Gasteiger charge is 2.25. The fraction of sp³-hybridized carbons (Fsp3) is 0.111. The van der Waals surface area contributed by atoms with E-state index in [4.69, 9.17) is 0 Å². The number of Topliss-reactive ketones (excluding diaryl/α,β-unsaturated/α-hetero) is 1. The van der Waals surface area contributed by atoms with Crippen LogP contribution in [-0.4, -0.2) is 11.7 Å². The van der Waals surface area contributed by atoms with Crippen molar-refractivity contribution in [3.63, 3.8) is 0 Å². The van der Waals surface area contributed by atoms with Gasteiger partial charge in [-0.1, -0.05) is 48.0 Å². The molecule has 3 nitrogen and oxygen atoms in total. The van der Waals surface area contributed by atoms with Crippen LogP contribution in [0.1, 0.15) is 16.7 Å². The van der Waals surface area contributed by atoms with E-state index in [1.54, 1.807) is 12.1 Å². The number of anilines is 1. The normalized spacial score (nSPS) is 12.5. The fourth-order valence-electron chi connectivity index (χ4n) is 2.49. The molecule has 2 aromatic carbocycles. The molecule has 104 valence electrons. The standard InChI is InChI=1S/C18H15NO2/c1-12-7-8-13-9-10-15(16(13)11-12)17(20)18(21)19-14-5-3-2-4-6-14/h2-8,10-11H,9H2,1H3,(H,19,21). The van der Waals surface area contributed by atoms with Crippen LogP contribution in [0.15, 0.2) is 54.6 Å². The Bertz CT molecular complexity index is 745. The maximum absolute atomic E-state index is 12.3. The van der Waals surface area contributed by atoms with E-state index in [0.717, 1.165) is 16.7 Å². The van der Waals surface area contributed by atoms with Crippen LogP contribution < -0.4 is 5.32 Å². The number of benzene rings is 2. The SMILES string of the molecule is Cc1ccc2c(c1)C(C(=O)C(=O)Nc1ccccc1)=CC2. The summed E-state index contributed by atoms with van der Waals surface area (Å²) in [6, 6.07) is 15.0. The maximum atomic E-state index is 12.3. The quantitative estimate of drug-likeness (QED) is 0.876. The van der Waals surface area contributed by atoms with Crippen LogP contribution in [0.3, 0.4) is 0 Å². The largest absolute Gasteiger partial charge is 0.319 e. The van der Waals surface area contributed by atoms with Crippen LogP contribution in [0.5, 0.6) is 0 Å². The Morgan fingerprint density at radius 2 is 1.81 bits per heavy atom. The first-order valence-corrected chi connectivity index (χ1v) is 6.86. The van der Waals surface area contributed by atoms with E-state index in [0.29, 0.717) is 17.7 Å². The Morgan fingerprint density at radius 1 is 1.05 bits per heavy atom. The Morgan fingerprint density at radius 3 is 2.57 bits per heavy atom. The van der Waals surface area contributed by atoms with Gasteiger partial charge in [0.15, 0.2) is 0 Å². The molecule has 0 saturated heterocycles. The first-order chi connectivity index (χ1) is 10.1. The number of hydrogen-bond donors (Lipinski definition) is 1. The number of fused-ring (bicyclic) bond motifs is 1.